The summed E-state index contributed by atoms with van der Waals surface area (Å²) in [6.07, 6.45) is 3.47. The third-order valence-electron chi connectivity index (χ3n) is 3.82. The number of benzene rings is 1. The first-order chi connectivity index (χ1) is 10.1. The second-order valence-corrected chi connectivity index (χ2v) is 7.06. The van der Waals surface area contributed by atoms with Crippen LogP contribution in [-0.4, -0.2) is 23.1 Å². The van der Waals surface area contributed by atoms with Crippen molar-refractivity contribution < 1.29 is 4.79 Å². The molecule has 1 aliphatic carbocycles. The van der Waals surface area contributed by atoms with Gasteiger partial charge < -0.3 is 16.4 Å². The van der Waals surface area contributed by atoms with Crippen LogP contribution in [0.4, 0.5) is 10.5 Å². The summed E-state index contributed by atoms with van der Waals surface area (Å²) in [6.45, 7) is 4.10. The molecule has 21 heavy (non-hydrogen) atoms. The standard InChI is InChI=1S/C16H25N3OS/c1-3-21-15-9-5-8-14(15)19-16(20)18-13-7-4-6-12(10-13)11(2)17/h4,6-7,10-11,14-15H,3,5,8-9,17H2,1-2H3,(H2,18,19,20). The van der Waals surface area contributed by atoms with E-state index >= 15 is 0 Å². The lowest BCUT2D eigenvalue weighted by Crippen LogP contribution is -2.41. The molecule has 0 spiro atoms. The van der Waals surface area contributed by atoms with Gasteiger partial charge in [0.2, 0.25) is 0 Å². The molecule has 0 aliphatic heterocycles. The van der Waals surface area contributed by atoms with Gasteiger partial charge >= 0.3 is 6.03 Å². The molecule has 1 aromatic rings. The molecule has 2 rings (SSSR count). The van der Waals surface area contributed by atoms with Crippen molar-refractivity contribution in [3.63, 3.8) is 0 Å². The van der Waals surface area contributed by atoms with Crippen LogP contribution < -0.4 is 16.4 Å². The molecule has 1 aromatic carbocycles. The Bertz CT molecular complexity index is 478. The van der Waals surface area contributed by atoms with Crippen molar-refractivity contribution >= 4 is 23.5 Å². The molecule has 0 bridgehead atoms. The SMILES string of the molecule is CCSC1CCCC1NC(=O)Nc1cccc(C(C)N)c1. The highest BCUT2D eigenvalue weighted by atomic mass is 32.2. The van der Waals surface area contributed by atoms with E-state index in [1.165, 1.54) is 12.8 Å². The maximum atomic E-state index is 12.1. The van der Waals surface area contributed by atoms with E-state index in [1.807, 2.05) is 43.0 Å². The van der Waals surface area contributed by atoms with Crippen molar-refractivity contribution in [1.82, 2.24) is 5.32 Å². The number of carbonyl (C=O) groups is 1. The molecule has 0 heterocycles. The predicted octanol–water partition coefficient (Wildman–Crippen LogP) is 3.50. The number of carbonyl (C=O) groups excluding carboxylic acids is 1. The summed E-state index contributed by atoms with van der Waals surface area (Å²) in [5.41, 5.74) is 7.68. The minimum Gasteiger partial charge on any atom is -0.334 e. The average Bonchev–Trinajstić information content (AvgIpc) is 2.86. The largest absolute Gasteiger partial charge is 0.334 e. The maximum Gasteiger partial charge on any atom is 0.319 e. The van der Waals surface area contributed by atoms with Crippen LogP contribution in [0.5, 0.6) is 0 Å². The van der Waals surface area contributed by atoms with E-state index in [9.17, 15) is 4.79 Å². The number of urea groups is 1. The molecule has 4 nitrogen and oxygen atoms in total. The second kappa shape index (κ2) is 7.71. The third kappa shape index (κ3) is 4.64. The zero-order valence-electron chi connectivity index (χ0n) is 12.8. The lowest BCUT2D eigenvalue weighted by molar-refractivity contribution is 0.249. The minimum atomic E-state index is -0.120. The molecule has 1 aliphatic rings. The van der Waals surface area contributed by atoms with E-state index in [0.29, 0.717) is 5.25 Å². The van der Waals surface area contributed by atoms with Crippen molar-refractivity contribution in [3.8, 4) is 0 Å². The summed E-state index contributed by atoms with van der Waals surface area (Å²) in [5, 5.41) is 6.57. The van der Waals surface area contributed by atoms with Crippen molar-refractivity contribution in [2.45, 2.75) is 50.4 Å². The Kier molecular flexibility index (Phi) is 5.94. The van der Waals surface area contributed by atoms with E-state index in [2.05, 4.69) is 17.6 Å². The first-order valence-corrected chi connectivity index (χ1v) is 8.69. The molecule has 2 amide bonds. The molecular formula is C16H25N3OS. The lowest BCUT2D eigenvalue weighted by Gasteiger charge is -2.20. The summed E-state index contributed by atoms with van der Waals surface area (Å²) in [6, 6.07) is 7.83. The first kappa shape index (κ1) is 16.2. The fraction of sp³-hybridized carbons (Fsp3) is 0.562. The van der Waals surface area contributed by atoms with Crippen LogP contribution in [0.3, 0.4) is 0 Å². The van der Waals surface area contributed by atoms with Gasteiger partial charge in [0.05, 0.1) is 0 Å². The van der Waals surface area contributed by atoms with Crippen LogP contribution in [0.2, 0.25) is 0 Å². The molecule has 1 saturated carbocycles. The molecule has 1 fully saturated rings. The van der Waals surface area contributed by atoms with Crippen molar-refractivity contribution in [3.05, 3.63) is 29.8 Å². The molecule has 0 aromatic heterocycles. The number of thioether (sulfide) groups is 1. The zero-order chi connectivity index (χ0) is 15.2. The van der Waals surface area contributed by atoms with Gasteiger partial charge in [-0.2, -0.15) is 11.8 Å². The quantitative estimate of drug-likeness (QED) is 0.780. The summed E-state index contributed by atoms with van der Waals surface area (Å²) >= 11 is 1.94. The Morgan fingerprint density at radius 2 is 2.29 bits per heavy atom. The molecule has 116 valence electrons. The Hall–Kier alpha value is -1.20. The van der Waals surface area contributed by atoms with E-state index < -0.39 is 0 Å². The van der Waals surface area contributed by atoms with Gasteiger partial charge in [0.25, 0.3) is 0 Å². The molecule has 4 N–H and O–H groups in total. The van der Waals surface area contributed by atoms with Crippen molar-refractivity contribution in [1.29, 1.82) is 0 Å². The van der Waals surface area contributed by atoms with E-state index in [4.69, 9.17) is 5.73 Å². The minimum absolute atomic E-state index is 0.0324. The van der Waals surface area contributed by atoms with Crippen molar-refractivity contribution in [2.75, 3.05) is 11.1 Å². The maximum absolute atomic E-state index is 12.1. The van der Waals surface area contributed by atoms with Gasteiger partial charge in [-0.1, -0.05) is 25.5 Å². The van der Waals surface area contributed by atoms with Gasteiger partial charge in [-0.05, 0) is 43.2 Å². The topological polar surface area (TPSA) is 67.2 Å². The number of hydrogen-bond donors (Lipinski definition) is 3. The fourth-order valence-electron chi connectivity index (χ4n) is 2.74. The number of anilines is 1. The highest BCUT2D eigenvalue weighted by molar-refractivity contribution is 7.99. The zero-order valence-corrected chi connectivity index (χ0v) is 13.6. The molecule has 0 radical (unpaired) electrons. The number of rotatable bonds is 5. The Balaban J connectivity index is 1.91. The molecule has 0 saturated heterocycles. The van der Waals surface area contributed by atoms with Gasteiger partial charge in [-0.25, -0.2) is 4.79 Å². The number of amides is 2. The first-order valence-electron chi connectivity index (χ1n) is 7.64. The van der Waals surface area contributed by atoms with Gasteiger partial charge in [0.15, 0.2) is 0 Å². The fourth-order valence-corrected chi connectivity index (χ4v) is 3.94. The molecule has 3 atom stereocenters. The van der Waals surface area contributed by atoms with Crippen LogP contribution in [-0.2, 0) is 0 Å². The molecule has 5 heteroatoms. The van der Waals surface area contributed by atoms with Crippen LogP contribution in [0.25, 0.3) is 0 Å². The lowest BCUT2D eigenvalue weighted by atomic mass is 10.1. The normalized spacial score (nSPS) is 22.8. The number of hydrogen-bond acceptors (Lipinski definition) is 3. The van der Waals surface area contributed by atoms with Crippen LogP contribution in [0.1, 0.15) is 44.7 Å². The third-order valence-corrected chi connectivity index (χ3v) is 5.15. The van der Waals surface area contributed by atoms with E-state index in [-0.39, 0.29) is 18.1 Å². The second-order valence-electron chi connectivity index (χ2n) is 5.54. The Labute approximate surface area is 131 Å². The average molecular weight is 307 g/mol. The number of nitrogens with one attached hydrogen (secondary N) is 2. The summed E-state index contributed by atoms with van der Waals surface area (Å²) in [4.78, 5) is 12.1. The van der Waals surface area contributed by atoms with Crippen molar-refractivity contribution in [2.24, 2.45) is 5.73 Å². The smallest absolute Gasteiger partial charge is 0.319 e. The van der Waals surface area contributed by atoms with Crippen LogP contribution in [0, 0.1) is 0 Å². The van der Waals surface area contributed by atoms with E-state index in [0.717, 1.165) is 23.4 Å². The summed E-state index contributed by atoms with van der Waals surface area (Å²) < 4.78 is 0. The van der Waals surface area contributed by atoms with Gasteiger partial charge in [-0.3, -0.25) is 0 Å². The summed E-state index contributed by atoms with van der Waals surface area (Å²) in [5.74, 6) is 1.10. The monoisotopic (exact) mass is 307 g/mol. The highest BCUT2D eigenvalue weighted by Crippen LogP contribution is 2.29. The van der Waals surface area contributed by atoms with Crippen LogP contribution in [0.15, 0.2) is 24.3 Å². The van der Waals surface area contributed by atoms with Gasteiger partial charge in [0.1, 0.15) is 0 Å². The Morgan fingerprint density at radius 3 is 3.00 bits per heavy atom. The Morgan fingerprint density at radius 1 is 1.48 bits per heavy atom. The summed E-state index contributed by atoms with van der Waals surface area (Å²) in [7, 11) is 0. The highest BCUT2D eigenvalue weighted by Gasteiger charge is 2.28. The predicted molar refractivity (Wildman–Crippen MR) is 90.8 cm³/mol. The molecule has 3 unspecified atom stereocenters. The van der Waals surface area contributed by atoms with Gasteiger partial charge in [0, 0.05) is 23.0 Å². The van der Waals surface area contributed by atoms with Gasteiger partial charge in [-0.15, -0.1) is 0 Å². The molecular weight excluding hydrogens is 282 g/mol. The number of nitrogens with two attached hydrogens (primary N) is 1. The van der Waals surface area contributed by atoms with Crippen LogP contribution >= 0.6 is 11.8 Å². The van der Waals surface area contributed by atoms with E-state index in [1.54, 1.807) is 0 Å².